The van der Waals surface area contributed by atoms with E-state index in [0.29, 0.717) is 18.7 Å². The van der Waals surface area contributed by atoms with Crippen molar-refractivity contribution >= 4 is 0 Å². The number of hydrogen-bond acceptors (Lipinski definition) is 5. The minimum atomic E-state index is 0.0680. The van der Waals surface area contributed by atoms with Crippen LogP contribution in [0.3, 0.4) is 0 Å². The second-order valence-corrected chi connectivity index (χ2v) is 4.93. The molecule has 0 aliphatic carbocycles. The van der Waals surface area contributed by atoms with Crippen LogP contribution >= 0.6 is 0 Å². The number of hydrogen-bond donors (Lipinski definition) is 1. The maximum Gasteiger partial charge on any atom is 0.158 e. The Morgan fingerprint density at radius 3 is 2.81 bits per heavy atom. The van der Waals surface area contributed by atoms with Crippen LogP contribution in [0.4, 0.5) is 0 Å². The highest BCUT2D eigenvalue weighted by Gasteiger charge is 2.08. The molecular formula is C15H16N4O2. The van der Waals surface area contributed by atoms with Crippen molar-refractivity contribution in [1.29, 1.82) is 0 Å². The van der Waals surface area contributed by atoms with Gasteiger partial charge in [0.1, 0.15) is 12.2 Å². The zero-order valence-corrected chi connectivity index (χ0v) is 11.7. The molecule has 2 heterocycles. The van der Waals surface area contributed by atoms with Gasteiger partial charge in [0.25, 0.3) is 0 Å². The Hall–Kier alpha value is -2.47. The van der Waals surface area contributed by atoms with Crippen LogP contribution in [-0.4, -0.2) is 31.9 Å². The summed E-state index contributed by atoms with van der Waals surface area (Å²) in [6.07, 6.45) is 2.30. The Kier molecular flexibility index (Phi) is 3.79. The van der Waals surface area contributed by atoms with Crippen molar-refractivity contribution in [2.45, 2.75) is 19.9 Å². The molecule has 0 bridgehead atoms. The Balaban J connectivity index is 1.73. The molecule has 2 aromatic heterocycles. The van der Waals surface area contributed by atoms with Gasteiger partial charge in [-0.05, 0) is 6.92 Å². The molecule has 21 heavy (non-hydrogen) atoms. The average Bonchev–Trinajstić information content (AvgIpc) is 3.11. The number of aryl methyl sites for hydroxylation is 1. The molecule has 0 atom stereocenters. The first-order chi connectivity index (χ1) is 10.2. The molecule has 3 rings (SSSR count). The Morgan fingerprint density at radius 2 is 2.05 bits per heavy atom. The number of benzene rings is 1. The number of aromatic nitrogens is 4. The minimum Gasteiger partial charge on any atom is -0.396 e. The summed E-state index contributed by atoms with van der Waals surface area (Å²) in [4.78, 5) is 0. The summed E-state index contributed by atoms with van der Waals surface area (Å²) in [5.74, 6) is 0.714. The van der Waals surface area contributed by atoms with E-state index in [-0.39, 0.29) is 6.61 Å². The summed E-state index contributed by atoms with van der Waals surface area (Å²) in [6, 6.07) is 10.0. The van der Waals surface area contributed by atoms with E-state index < -0.39 is 0 Å². The van der Waals surface area contributed by atoms with Crippen LogP contribution < -0.4 is 0 Å². The van der Waals surface area contributed by atoms with Crippen molar-refractivity contribution in [3.8, 4) is 11.3 Å². The molecule has 1 N–H and O–H groups in total. The van der Waals surface area contributed by atoms with Gasteiger partial charge in [-0.1, -0.05) is 40.2 Å². The van der Waals surface area contributed by atoms with Crippen molar-refractivity contribution in [3.63, 3.8) is 0 Å². The number of aliphatic hydroxyl groups is 1. The number of aliphatic hydroxyl groups excluding tert-OH is 1. The standard InChI is InChI=1S/C15H16N4O2/c1-11-2-4-12(5-3-11)15-8-14(21-17-15)10-19-9-13(6-7-20)16-18-19/h2-5,8-9,20H,6-7,10H2,1H3. The SMILES string of the molecule is Cc1ccc(-c2cc(Cn3cc(CCO)nn3)on2)cc1. The van der Waals surface area contributed by atoms with E-state index in [9.17, 15) is 0 Å². The molecule has 0 saturated heterocycles. The van der Waals surface area contributed by atoms with Crippen molar-refractivity contribution < 1.29 is 9.63 Å². The van der Waals surface area contributed by atoms with Crippen LogP contribution in [-0.2, 0) is 13.0 Å². The summed E-state index contributed by atoms with van der Waals surface area (Å²) in [7, 11) is 0. The van der Waals surface area contributed by atoms with Gasteiger partial charge in [-0.2, -0.15) is 0 Å². The predicted molar refractivity (Wildman–Crippen MR) is 76.6 cm³/mol. The first-order valence-corrected chi connectivity index (χ1v) is 6.77. The van der Waals surface area contributed by atoms with Crippen molar-refractivity contribution in [1.82, 2.24) is 20.2 Å². The lowest BCUT2D eigenvalue weighted by molar-refractivity contribution is 0.298. The molecule has 3 aromatic rings. The summed E-state index contributed by atoms with van der Waals surface area (Å²) in [5, 5.41) is 20.9. The third kappa shape index (κ3) is 3.17. The lowest BCUT2D eigenvalue weighted by Crippen LogP contribution is -1.99. The van der Waals surface area contributed by atoms with Crippen molar-refractivity contribution in [2.24, 2.45) is 0 Å². The van der Waals surface area contributed by atoms with Gasteiger partial charge >= 0.3 is 0 Å². The van der Waals surface area contributed by atoms with Crippen LogP contribution in [0.2, 0.25) is 0 Å². The smallest absolute Gasteiger partial charge is 0.158 e. The molecule has 0 unspecified atom stereocenters. The fourth-order valence-corrected chi connectivity index (χ4v) is 2.05. The van der Waals surface area contributed by atoms with Crippen molar-refractivity contribution in [2.75, 3.05) is 6.61 Å². The lowest BCUT2D eigenvalue weighted by atomic mass is 10.1. The highest BCUT2D eigenvalue weighted by molar-refractivity contribution is 5.59. The van der Waals surface area contributed by atoms with Gasteiger partial charge in [-0.3, -0.25) is 0 Å². The van der Waals surface area contributed by atoms with Crippen molar-refractivity contribution in [3.05, 3.63) is 53.5 Å². The minimum absolute atomic E-state index is 0.0680. The normalized spacial score (nSPS) is 11.0. The third-order valence-electron chi connectivity index (χ3n) is 3.18. The first-order valence-electron chi connectivity index (χ1n) is 6.77. The van der Waals surface area contributed by atoms with E-state index in [1.807, 2.05) is 37.3 Å². The lowest BCUT2D eigenvalue weighted by Gasteiger charge is -1.95. The molecule has 0 aliphatic heterocycles. The van der Waals surface area contributed by atoms with E-state index in [1.165, 1.54) is 5.56 Å². The van der Waals surface area contributed by atoms with Gasteiger partial charge in [0.05, 0.1) is 5.69 Å². The predicted octanol–water partition coefficient (Wildman–Crippen LogP) is 1.82. The molecule has 0 radical (unpaired) electrons. The largest absolute Gasteiger partial charge is 0.396 e. The molecule has 0 aliphatic rings. The Bertz CT molecular complexity index is 715. The maximum absolute atomic E-state index is 8.86. The monoisotopic (exact) mass is 284 g/mol. The summed E-state index contributed by atoms with van der Waals surface area (Å²) in [5.41, 5.74) is 3.80. The van der Waals surface area contributed by atoms with Gasteiger partial charge in [-0.15, -0.1) is 5.10 Å². The summed E-state index contributed by atoms with van der Waals surface area (Å²) in [6.45, 7) is 2.59. The van der Waals surface area contributed by atoms with E-state index in [1.54, 1.807) is 10.9 Å². The van der Waals surface area contributed by atoms with Gasteiger partial charge < -0.3 is 9.63 Å². The molecule has 0 amide bonds. The van der Waals surface area contributed by atoms with E-state index >= 15 is 0 Å². The number of nitrogens with zero attached hydrogens (tertiary/aromatic N) is 4. The quantitative estimate of drug-likeness (QED) is 0.773. The van der Waals surface area contributed by atoms with E-state index in [4.69, 9.17) is 9.63 Å². The van der Waals surface area contributed by atoms with Crippen LogP contribution in [0, 0.1) is 6.92 Å². The maximum atomic E-state index is 8.86. The molecular weight excluding hydrogens is 268 g/mol. The molecule has 6 nitrogen and oxygen atoms in total. The molecule has 0 fully saturated rings. The topological polar surface area (TPSA) is 77.0 Å². The van der Waals surface area contributed by atoms with Crippen LogP contribution in [0.15, 0.2) is 41.1 Å². The van der Waals surface area contributed by atoms with Gasteiger partial charge in [0, 0.05) is 30.9 Å². The van der Waals surface area contributed by atoms with E-state index in [0.717, 1.165) is 17.0 Å². The van der Waals surface area contributed by atoms with Gasteiger partial charge in [0.2, 0.25) is 0 Å². The fraction of sp³-hybridized carbons (Fsp3) is 0.267. The zero-order valence-electron chi connectivity index (χ0n) is 11.7. The fourth-order valence-electron chi connectivity index (χ4n) is 2.05. The van der Waals surface area contributed by atoms with Crippen LogP contribution in [0.1, 0.15) is 17.0 Å². The summed E-state index contributed by atoms with van der Waals surface area (Å²) < 4.78 is 7.01. The molecule has 0 saturated carbocycles. The average molecular weight is 284 g/mol. The second kappa shape index (κ2) is 5.88. The van der Waals surface area contributed by atoms with E-state index in [2.05, 4.69) is 15.5 Å². The molecule has 1 aromatic carbocycles. The van der Waals surface area contributed by atoms with Crippen LogP contribution in [0.25, 0.3) is 11.3 Å². The Labute approximate surface area is 122 Å². The van der Waals surface area contributed by atoms with Gasteiger partial charge in [0.15, 0.2) is 5.76 Å². The molecule has 0 spiro atoms. The highest BCUT2D eigenvalue weighted by Crippen LogP contribution is 2.19. The zero-order chi connectivity index (χ0) is 14.7. The van der Waals surface area contributed by atoms with Crippen LogP contribution in [0.5, 0.6) is 0 Å². The molecule has 108 valence electrons. The van der Waals surface area contributed by atoms with Gasteiger partial charge in [-0.25, -0.2) is 4.68 Å². The number of rotatable bonds is 5. The molecule has 6 heteroatoms. The summed E-state index contributed by atoms with van der Waals surface area (Å²) >= 11 is 0. The Morgan fingerprint density at radius 1 is 1.24 bits per heavy atom. The second-order valence-electron chi connectivity index (χ2n) is 4.93. The highest BCUT2D eigenvalue weighted by atomic mass is 16.5. The first kappa shape index (κ1) is 13.5. The third-order valence-corrected chi connectivity index (χ3v) is 3.18.